The molecule has 1 atom stereocenters. The number of halogens is 2. The fourth-order valence-electron chi connectivity index (χ4n) is 2.78. The van der Waals surface area contributed by atoms with Crippen LogP contribution in [0.25, 0.3) is 0 Å². The fraction of sp³-hybridized carbons (Fsp3) is 0.217. The maximum Gasteiger partial charge on any atom is 0.253 e. The molecule has 0 aliphatic rings. The van der Waals surface area contributed by atoms with Crippen LogP contribution in [0.3, 0.4) is 0 Å². The van der Waals surface area contributed by atoms with Gasteiger partial charge in [-0.2, -0.15) is 5.10 Å². The molecule has 3 rings (SSSR count). The molecule has 0 saturated heterocycles. The van der Waals surface area contributed by atoms with Crippen LogP contribution < -0.4 is 10.7 Å². The number of hydrazone groups is 1. The summed E-state index contributed by atoms with van der Waals surface area (Å²) < 4.78 is 1.93. The van der Waals surface area contributed by atoms with Crippen molar-refractivity contribution in [1.82, 2.24) is 20.2 Å². The maximum absolute atomic E-state index is 12.5. The number of benzene rings is 2. The van der Waals surface area contributed by atoms with Gasteiger partial charge in [-0.25, -0.2) is 5.43 Å². The number of hydrogen-bond donors (Lipinski definition) is 2. The average molecular weight is 503 g/mol. The van der Waals surface area contributed by atoms with Gasteiger partial charge in [-0.05, 0) is 38.1 Å². The number of rotatable bonds is 10. The van der Waals surface area contributed by atoms with Crippen LogP contribution in [0.5, 0.6) is 0 Å². The molecule has 0 aliphatic carbocycles. The summed E-state index contributed by atoms with van der Waals surface area (Å²) in [5.41, 5.74) is 5.37. The first kappa shape index (κ1) is 24.8. The monoisotopic (exact) mass is 502 g/mol. The van der Waals surface area contributed by atoms with Gasteiger partial charge in [-0.15, -0.1) is 16.8 Å². The van der Waals surface area contributed by atoms with Crippen molar-refractivity contribution in [1.29, 1.82) is 0 Å². The second kappa shape index (κ2) is 11.9. The van der Waals surface area contributed by atoms with Crippen LogP contribution in [0.4, 0.5) is 5.69 Å². The first-order valence-corrected chi connectivity index (χ1v) is 11.8. The number of thioether (sulfide) groups is 1. The predicted octanol–water partition coefficient (Wildman–Crippen LogP) is 5.32. The zero-order valence-electron chi connectivity index (χ0n) is 18.3. The summed E-state index contributed by atoms with van der Waals surface area (Å²) in [7, 11) is 0. The lowest BCUT2D eigenvalue weighted by Gasteiger charge is -2.12. The highest BCUT2D eigenvalue weighted by Crippen LogP contribution is 2.23. The van der Waals surface area contributed by atoms with E-state index in [1.54, 1.807) is 31.2 Å². The number of allylic oxidation sites excluding steroid dienone is 1. The van der Waals surface area contributed by atoms with Crippen LogP contribution in [0.2, 0.25) is 10.0 Å². The molecule has 0 spiro atoms. The molecule has 0 fully saturated rings. The van der Waals surface area contributed by atoms with Gasteiger partial charge in [0.2, 0.25) is 0 Å². The van der Waals surface area contributed by atoms with Crippen molar-refractivity contribution >= 4 is 52.8 Å². The van der Waals surface area contributed by atoms with E-state index in [9.17, 15) is 4.79 Å². The Balaban J connectivity index is 1.61. The summed E-state index contributed by atoms with van der Waals surface area (Å²) in [5.74, 6) is 0.481. The highest BCUT2D eigenvalue weighted by atomic mass is 35.5. The van der Waals surface area contributed by atoms with Gasteiger partial charge in [-0.1, -0.05) is 64.8 Å². The summed E-state index contributed by atoms with van der Waals surface area (Å²) in [6, 6.07) is 13.2. The van der Waals surface area contributed by atoms with Crippen LogP contribution in [0.1, 0.15) is 23.9 Å². The molecule has 1 aromatic heterocycles. The molecule has 1 heterocycles. The van der Waals surface area contributed by atoms with E-state index in [0.717, 1.165) is 11.5 Å². The largest absolute Gasteiger partial charge is 0.378 e. The van der Waals surface area contributed by atoms with Gasteiger partial charge >= 0.3 is 0 Å². The van der Waals surface area contributed by atoms with Gasteiger partial charge in [-0.3, -0.25) is 4.79 Å². The van der Waals surface area contributed by atoms with E-state index in [4.69, 9.17) is 23.2 Å². The second-order valence-corrected chi connectivity index (χ2v) is 9.33. The number of anilines is 1. The Morgan fingerprint density at radius 2 is 2.00 bits per heavy atom. The van der Waals surface area contributed by atoms with Crippen LogP contribution >= 0.6 is 35.0 Å². The average Bonchev–Trinajstić information content (AvgIpc) is 3.16. The van der Waals surface area contributed by atoms with Crippen LogP contribution in [0.15, 0.2) is 65.4 Å². The lowest BCUT2D eigenvalue weighted by molar-refractivity contribution is -0.120. The molecule has 0 bridgehead atoms. The van der Waals surface area contributed by atoms with Crippen LogP contribution in [0, 0.1) is 6.92 Å². The van der Waals surface area contributed by atoms with Crippen molar-refractivity contribution in [3.05, 3.63) is 82.1 Å². The van der Waals surface area contributed by atoms with E-state index in [1.165, 1.54) is 23.5 Å². The van der Waals surface area contributed by atoms with Crippen molar-refractivity contribution < 1.29 is 4.79 Å². The first-order valence-electron chi connectivity index (χ1n) is 10.2. The molecule has 0 saturated carbocycles. The standard InChI is InChI=1S/C23H24Cl2N6OS/c1-4-11-31-21(14-26-19-9-5-15(2)6-10-19)28-30-23(31)33-16(3)22(32)29-27-13-17-7-8-18(24)12-20(17)25/h4-10,12-13,16,26H,1,11,14H2,2-3H3,(H,29,32)/b27-13+. The highest BCUT2D eigenvalue weighted by Gasteiger charge is 2.19. The molecule has 3 aromatic rings. The molecule has 10 heteroatoms. The third kappa shape index (κ3) is 7.08. The number of carbonyl (C=O) groups is 1. The molecule has 1 unspecified atom stereocenters. The van der Waals surface area contributed by atoms with Crippen molar-refractivity contribution in [2.24, 2.45) is 5.10 Å². The Kier molecular flexibility index (Phi) is 8.94. The quantitative estimate of drug-likeness (QED) is 0.169. The van der Waals surface area contributed by atoms with E-state index in [1.807, 2.05) is 35.8 Å². The SMILES string of the molecule is C=CCn1c(CNc2ccc(C)cc2)nnc1SC(C)C(=O)N/N=C/c1ccc(Cl)cc1Cl. The summed E-state index contributed by atoms with van der Waals surface area (Å²) in [4.78, 5) is 12.5. The van der Waals surface area contributed by atoms with Gasteiger partial charge in [0.05, 0.1) is 23.0 Å². The highest BCUT2D eigenvalue weighted by molar-refractivity contribution is 8.00. The zero-order chi connectivity index (χ0) is 23.8. The minimum absolute atomic E-state index is 0.270. The van der Waals surface area contributed by atoms with E-state index >= 15 is 0 Å². The summed E-state index contributed by atoms with van der Waals surface area (Å²) in [6.45, 7) is 8.67. The molecule has 2 N–H and O–H groups in total. The first-order chi connectivity index (χ1) is 15.9. The van der Waals surface area contributed by atoms with E-state index in [-0.39, 0.29) is 5.91 Å². The molecule has 1 amide bonds. The molecule has 2 aromatic carbocycles. The van der Waals surface area contributed by atoms with Gasteiger partial charge in [0.15, 0.2) is 11.0 Å². The lowest BCUT2D eigenvalue weighted by atomic mass is 10.2. The number of hydrogen-bond acceptors (Lipinski definition) is 6. The molecule has 0 radical (unpaired) electrons. The summed E-state index contributed by atoms with van der Waals surface area (Å²) >= 11 is 13.3. The Hall–Kier alpha value is -2.81. The minimum atomic E-state index is -0.450. The van der Waals surface area contributed by atoms with Gasteiger partial charge in [0.25, 0.3) is 5.91 Å². The minimum Gasteiger partial charge on any atom is -0.378 e. The van der Waals surface area contributed by atoms with Gasteiger partial charge < -0.3 is 9.88 Å². The molecule has 33 heavy (non-hydrogen) atoms. The molecule has 0 aliphatic heterocycles. The predicted molar refractivity (Wildman–Crippen MR) is 136 cm³/mol. The fourth-order valence-corrected chi connectivity index (χ4v) is 4.10. The van der Waals surface area contributed by atoms with Crippen molar-refractivity contribution in [3.63, 3.8) is 0 Å². The van der Waals surface area contributed by atoms with Crippen LogP contribution in [-0.2, 0) is 17.9 Å². The normalized spacial score (nSPS) is 12.0. The molecular formula is C23H24Cl2N6OS. The van der Waals surface area contributed by atoms with E-state index < -0.39 is 5.25 Å². The van der Waals surface area contributed by atoms with E-state index in [2.05, 4.69) is 32.6 Å². The third-order valence-corrected chi connectivity index (χ3v) is 6.24. The Bertz CT molecular complexity index is 1150. The summed E-state index contributed by atoms with van der Waals surface area (Å²) in [6.07, 6.45) is 3.25. The molecular weight excluding hydrogens is 479 g/mol. The lowest BCUT2D eigenvalue weighted by Crippen LogP contribution is -2.27. The van der Waals surface area contributed by atoms with Crippen molar-refractivity contribution in [2.45, 2.75) is 37.3 Å². The van der Waals surface area contributed by atoms with Gasteiger partial charge in [0.1, 0.15) is 0 Å². The molecule has 7 nitrogen and oxygen atoms in total. The third-order valence-electron chi connectivity index (χ3n) is 4.60. The van der Waals surface area contributed by atoms with Crippen LogP contribution in [-0.4, -0.2) is 32.1 Å². The van der Waals surface area contributed by atoms with Gasteiger partial charge in [0, 0.05) is 22.8 Å². The van der Waals surface area contributed by atoms with Crippen molar-refractivity contribution in [3.8, 4) is 0 Å². The number of carbonyl (C=O) groups excluding carboxylic acids is 1. The number of nitrogens with zero attached hydrogens (tertiary/aromatic N) is 4. The maximum atomic E-state index is 12.5. The number of aryl methyl sites for hydroxylation is 1. The summed E-state index contributed by atoms with van der Waals surface area (Å²) in [5, 5.41) is 17.1. The number of amides is 1. The second-order valence-electron chi connectivity index (χ2n) is 7.18. The number of aromatic nitrogens is 3. The smallest absolute Gasteiger partial charge is 0.253 e. The molecule has 172 valence electrons. The number of nitrogens with one attached hydrogen (secondary N) is 2. The Morgan fingerprint density at radius 1 is 1.24 bits per heavy atom. The van der Waals surface area contributed by atoms with E-state index in [0.29, 0.717) is 33.9 Å². The van der Waals surface area contributed by atoms with Crippen molar-refractivity contribution in [2.75, 3.05) is 5.32 Å². The zero-order valence-corrected chi connectivity index (χ0v) is 20.6. The Morgan fingerprint density at radius 3 is 2.70 bits per heavy atom. The topological polar surface area (TPSA) is 84.2 Å². The Labute approximate surface area is 207 Å².